The van der Waals surface area contributed by atoms with Gasteiger partial charge in [0, 0.05) is 23.9 Å². The van der Waals surface area contributed by atoms with Crippen LogP contribution in [0.15, 0.2) is 71.6 Å². The Balaban J connectivity index is 1.57. The Morgan fingerprint density at radius 2 is 1.62 bits per heavy atom. The number of rotatable bonds is 9. The third-order valence-electron chi connectivity index (χ3n) is 4.67. The van der Waals surface area contributed by atoms with Gasteiger partial charge in [-0.15, -0.1) is 0 Å². The molecule has 0 unspecified atom stereocenters. The molecule has 0 aliphatic carbocycles. The van der Waals surface area contributed by atoms with E-state index in [1.807, 2.05) is 6.07 Å². The topological polar surface area (TPSA) is 93.7 Å². The van der Waals surface area contributed by atoms with Gasteiger partial charge in [0.05, 0.1) is 25.5 Å². The molecule has 0 spiro atoms. The summed E-state index contributed by atoms with van der Waals surface area (Å²) >= 11 is 0. The highest BCUT2D eigenvalue weighted by molar-refractivity contribution is 7.92. The molecule has 168 valence electrons. The lowest BCUT2D eigenvalue weighted by molar-refractivity contribution is -0.120. The lowest BCUT2D eigenvalue weighted by atomic mass is 10.1. The fourth-order valence-electron chi connectivity index (χ4n) is 2.96. The number of carbonyl (C=O) groups excluding carboxylic acids is 1. The summed E-state index contributed by atoms with van der Waals surface area (Å²) in [6.07, 6.45) is 0.128. The molecular formula is C23H23FN2O5S. The van der Waals surface area contributed by atoms with E-state index in [4.69, 9.17) is 9.47 Å². The molecular weight excluding hydrogens is 435 g/mol. The second-order valence-corrected chi connectivity index (χ2v) is 8.57. The highest BCUT2D eigenvalue weighted by atomic mass is 32.2. The van der Waals surface area contributed by atoms with Crippen LogP contribution in [0.5, 0.6) is 11.5 Å². The number of anilines is 1. The van der Waals surface area contributed by atoms with Crippen LogP contribution in [0.25, 0.3) is 0 Å². The molecule has 0 saturated carbocycles. The average molecular weight is 459 g/mol. The van der Waals surface area contributed by atoms with E-state index >= 15 is 0 Å². The maximum Gasteiger partial charge on any atom is 0.261 e. The SMILES string of the molecule is COc1ccc(CNC(=O)Cc2ccc(NS(=O)(=O)c3ccc(F)cc3)cc2)c(OC)c1. The summed E-state index contributed by atoms with van der Waals surface area (Å²) in [5.41, 5.74) is 1.86. The molecule has 0 aliphatic rings. The molecule has 0 heterocycles. The van der Waals surface area contributed by atoms with Gasteiger partial charge in [0.25, 0.3) is 10.0 Å². The van der Waals surface area contributed by atoms with Crippen LogP contribution in [-0.2, 0) is 27.8 Å². The van der Waals surface area contributed by atoms with E-state index in [9.17, 15) is 17.6 Å². The lowest BCUT2D eigenvalue weighted by Gasteiger charge is -2.12. The van der Waals surface area contributed by atoms with E-state index in [2.05, 4.69) is 10.0 Å². The second kappa shape index (κ2) is 10.1. The lowest BCUT2D eigenvalue weighted by Crippen LogP contribution is -2.24. The molecule has 3 aromatic carbocycles. The van der Waals surface area contributed by atoms with Crippen molar-refractivity contribution in [3.05, 3.63) is 83.7 Å². The van der Waals surface area contributed by atoms with Crippen LogP contribution in [0.3, 0.4) is 0 Å². The minimum absolute atomic E-state index is 0.0451. The average Bonchev–Trinajstić information content (AvgIpc) is 2.79. The maximum atomic E-state index is 13.0. The van der Waals surface area contributed by atoms with Crippen LogP contribution >= 0.6 is 0 Å². The first-order valence-electron chi connectivity index (χ1n) is 9.65. The van der Waals surface area contributed by atoms with Crippen LogP contribution in [0.4, 0.5) is 10.1 Å². The van der Waals surface area contributed by atoms with Crippen molar-refractivity contribution in [3.8, 4) is 11.5 Å². The summed E-state index contributed by atoms with van der Waals surface area (Å²) in [6, 6.07) is 16.3. The van der Waals surface area contributed by atoms with Gasteiger partial charge in [0.1, 0.15) is 17.3 Å². The molecule has 0 atom stereocenters. The highest BCUT2D eigenvalue weighted by Gasteiger charge is 2.14. The molecule has 0 aliphatic heterocycles. The minimum atomic E-state index is -3.83. The zero-order valence-electron chi connectivity index (χ0n) is 17.6. The van der Waals surface area contributed by atoms with Gasteiger partial charge in [-0.3, -0.25) is 9.52 Å². The fourth-order valence-corrected chi connectivity index (χ4v) is 4.02. The minimum Gasteiger partial charge on any atom is -0.497 e. The molecule has 9 heteroatoms. The Morgan fingerprint density at radius 1 is 0.938 bits per heavy atom. The molecule has 0 saturated heterocycles. The molecule has 0 radical (unpaired) electrons. The number of hydrogen-bond donors (Lipinski definition) is 2. The molecule has 0 fully saturated rings. The van der Waals surface area contributed by atoms with Crippen LogP contribution < -0.4 is 19.5 Å². The molecule has 3 rings (SSSR count). The summed E-state index contributed by atoms with van der Waals surface area (Å²) in [6.45, 7) is 0.293. The van der Waals surface area contributed by atoms with E-state index in [0.29, 0.717) is 29.3 Å². The van der Waals surface area contributed by atoms with Gasteiger partial charge in [-0.05, 0) is 54.1 Å². The van der Waals surface area contributed by atoms with Crippen molar-refractivity contribution >= 4 is 21.6 Å². The smallest absolute Gasteiger partial charge is 0.261 e. The van der Waals surface area contributed by atoms with Crippen molar-refractivity contribution in [2.24, 2.45) is 0 Å². The number of halogens is 1. The van der Waals surface area contributed by atoms with Gasteiger partial charge in [-0.25, -0.2) is 12.8 Å². The Labute approximate surface area is 186 Å². The Morgan fingerprint density at radius 3 is 2.25 bits per heavy atom. The van der Waals surface area contributed by atoms with Gasteiger partial charge in [-0.1, -0.05) is 12.1 Å². The number of nitrogens with one attached hydrogen (secondary N) is 2. The van der Waals surface area contributed by atoms with Crippen molar-refractivity contribution in [1.29, 1.82) is 0 Å². The van der Waals surface area contributed by atoms with E-state index in [-0.39, 0.29) is 17.2 Å². The largest absolute Gasteiger partial charge is 0.497 e. The number of benzene rings is 3. The summed E-state index contributed by atoms with van der Waals surface area (Å²) in [5, 5.41) is 2.84. The first kappa shape index (κ1) is 23.1. The van der Waals surface area contributed by atoms with E-state index in [0.717, 1.165) is 17.7 Å². The standard InChI is InChI=1S/C23H23FN2O5S/c1-30-20-10-5-17(22(14-20)31-2)15-25-23(27)13-16-3-8-19(9-4-16)26-32(28,29)21-11-6-18(24)7-12-21/h3-12,14,26H,13,15H2,1-2H3,(H,25,27). The van der Waals surface area contributed by atoms with Crippen molar-refractivity contribution in [2.75, 3.05) is 18.9 Å². The number of hydrogen-bond acceptors (Lipinski definition) is 5. The van der Waals surface area contributed by atoms with Crippen LogP contribution in [-0.4, -0.2) is 28.5 Å². The monoisotopic (exact) mass is 458 g/mol. The van der Waals surface area contributed by atoms with Crippen LogP contribution in [0.1, 0.15) is 11.1 Å². The highest BCUT2D eigenvalue weighted by Crippen LogP contribution is 2.24. The third kappa shape index (κ3) is 5.98. The third-order valence-corrected chi connectivity index (χ3v) is 6.06. The van der Waals surface area contributed by atoms with Gasteiger partial charge in [-0.2, -0.15) is 0 Å². The molecule has 0 bridgehead atoms. The number of amides is 1. The Bertz CT molecular complexity index is 1180. The summed E-state index contributed by atoms with van der Waals surface area (Å²) < 4.78 is 50.7. The molecule has 3 aromatic rings. The molecule has 7 nitrogen and oxygen atoms in total. The summed E-state index contributed by atoms with van der Waals surface area (Å²) in [7, 11) is -0.721. The fraction of sp³-hybridized carbons (Fsp3) is 0.174. The number of sulfonamides is 1. The number of carbonyl (C=O) groups is 1. The van der Waals surface area contributed by atoms with E-state index in [1.54, 1.807) is 50.6 Å². The summed E-state index contributed by atoms with van der Waals surface area (Å²) in [4.78, 5) is 12.3. The predicted octanol–water partition coefficient (Wildman–Crippen LogP) is 3.50. The van der Waals surface area contributed by atoms with Crippen molar-refractivity contribution in [3.63, 3.8) is 0 Å². The predicted molar refractivity (Wildman–Crippen MR) is 119 cm³/mol. The quantitative estimate of drug-likeness (QED) is 0.512. The first-order valence-corrected chi connectivity index (χ1v) is 11.1. The van der Waals surface area contributed by atoms with E-state index < -0.39 is 15.8 Å². The molecule has 0 aromatic heterocycles. The molecule has 32 heavy (non-hydrogen) atoms. The molecule has 1 amide bonds. The molecule has 2 N–H and O–H groups in total. The number of methoxy groups -OCH3 is 2. The van der Waals surface area contributed by atoms with Crippen molar-refractivity contribution in [1.82, 2.24) is 5.32 Å². The van der Waals surface area contributed by atoms with Gasteiger partial charge in [0.15, 0.2) is 0 Å². The number of ether oxygens (including phenoxy) is 2. The first-order chi connectivity index (χ1) is 15.3. The van der Waals surface area contributed by atoms with Gasteiger partial charge >= 0.3 is 0 Å². The Kier molecular flexibility index (Phi) is 7.32. The van der Waals surface area contributed by atoms with Crippen LogP contribution in [0.2, 0.25) is 0 Å². The van der Waals surface area contributed by atoms with Gasteiger partial charge in [0.2, 0.25) is 5.91 Å². The van der Waals surface area contributed by atoms with Crippen molar-refractivity contribution < 1.29 is 27.1 Å². The summed E-state index contributed by atoms with van der Waals surface area (Å²) in [5.74, 6) is 0.564. The Hall–Kier alpha value is -3.59. The zero-order chi connectivity index (χ0) is 23.1. The maximum absolute atomic E-state index is 13.0. The van der Waals surface area contributed by atoms with Crippen molar-refractivity contribution in [2.45, 2.75) is 17.9 Å². The van der Waals surface area contributed by atoms with E-state index in [1.165, 1.54) is 12.1 Å². The van der Waals surface area contributed by atoms with Gasteiger partial charge < -0.3 is 14.8 Å². The normalized spacial score (nSPS) is 11.0. The zero-order valence-corrected chi connectivity index (χ0v) is 18.4. The van der Waals surface area contributed by atoms with Crippen LogP contribution in [0, 0.1) is 5.82 Å². The second-order valence-electron chi connectivity index (χ2n) is 6.89.